The summed E-state index contributed by atoms with van der Waals surface area (Å²) >= 11 is 1.57. The molecule has 0 saturated carbocycles. The summed E-state index contributed by atoms with van der Waals surface area (Å²) in [5.41, 5.74) is 2.89. The van der Waals surface area contributed by atoms with Gasteiger partial charge in [-0.2, -0.15) is 0 Å². The van der Waals surface area contributed by atoms with Gasteiger partial charge in [0.2, 0.25) is 5.91 Å². The van der Waals surface area contributed by atoms with Crippen LogP contribution in [0.4, 0.5) is 0 Å². The SMILES string of the molecule is Cc1nc(/C=C/C(=O)NC(C)c2ccc(-n3ccnc3)cc2)cs1. The van der Waals surface area contributed by atoms with Crippen LogP contribution in [0.3, 0.4) is 0 Å². The summed E-state index contributed by atoms with van der Waals surface area (Å²) < 4.78 is 1.94. The first kappa shape index (κ1) is 16.1. The number of nitrogens with zero attached hydrogens (tertiary/aromatic N) is 3. The lowest BCUT2D eigenvalue weighted by Crippen LogP contribution is -2.24. The highest BCUT2D eigenvalue weighted by molar-refractivity contribution is 7.09. The van der Waals surface area contributed by atoms with E-state index in [9.17, 15) is 4.79 Å². The molecule has 122 valence electrons. The van der Waals surface area contributed by atoms with E-state index < -0.39 is 0 Å². The quantitative estimate of drug-likeness (QED) is 0.724. The van der Waals surface area contributed by atoms with Crippen molar-refractivity contribution in [2.75, 3.05) is 0 Å². The van der Waals surface area contributed by atoms with Crippen molar-refractivity contribution in [1.29, 1.82) is 0 Å². The fourth-order valence-electron chi connectivity index (χ4n) is 2.31. The Kier molecular flexibility index (Phi) is 4.86. The minimum atomic E-state index is -0.133. The molecule has 0 aliphatic rings. The molecular formula is C18H18N4OS. The predicted octanol–water partition coefficient (Wildman–Crippen LogP) is 3.53. The zero-order valence-corrected chi connectivity index (χ0v) is 14.3. The average molecular weight is 338 g/mol. The molecule has 2 aromatic heterocycles. The number of hydrogen-bond acceptors (Lipinski definition) is 4. The topological polar surface area (TPSA) is 59.8 Å². The van der Waals surface area contributed by atoms with Gasteiger partial charge in [0.15, 0.2) is 0 Å². The van der Waals surface area contributed by atoms with Crippen molar-refractivity contribution in [2.24, 2.45) is 0 Å². The molecular weight excluding hydrogens is 320 g/mol. The molecule has 1 atom stereocenters. The fourth-order valence-corrected chi connectivity index (χ4v) is 2.89. The number of rotatable bonds is 5. The molecule has 3 rings (SSSR count). The van der Waals surface area contributed by atoms with Crippen LogP contribution in [-0.4, -0.2) is 20.4 Å². The summed E-state index contributed by atoms with van der Waals surface area (Å²) in [6, 6.07) is 7.96. The average Bonchev–Trinajstić information content (AvgIpc) is 3.25. The smallest absolute Gasteiger partial charge is 0.244 e. The summed E-state index contributed by atoms with van der Waals surface area (Å²) in [6.45, 7) is 3.91. The van der Waals surface area contributed by atoms with E-state index in [1.165, 1.54) is 6.08 Å². The molecule has 3 aromatic rings. The van der Waals surface area contributed by atoms with E-state index in [-0.39, 0.29) is 11.9 Å². The number of nitrogens with one attached hydrogen (secondary N) is 1. The van der Waals surface area contributed by atoms with E-state index in [2.05, 4.69) is 15.3 Å². The first-order chi connectivity index (χ1) is 11.6. The van der Waals surface area contributed by atoms with E-state index in [0.29, 0.717) is 0 Å². The number of carbonyl (C=O) groups is 1. The van der Waals surface area contributed by atoms with Crippen molar-refractivity contribution in [1.82, 2.24) is 19.9 Å². The first-order valence-electron chi connectivity index (χ1n) is 7.61. The molecule has 1 unspecified atom stereocenters. The lowest BCUT2D eigenvalue weighted by molar-refractivity contribution is -0.117. The molecule has 0 bridgehead atoms. The largest absolute Gasteiger partial charge is 0.346 e. The van der Waals surface area contributed by atoms with Gasteiger partial charge in [-0.25, -0.2) is 9.97 Å². The molecule has 5 nitrogen and oxygen atoms in total. The third-order valence-electron chi connectivity index (χ3n) is 3.60. The van der Waals surface area contributed by atoms with Crippen LogP contribution in [0.2, 0.25) is 0 Å². The highest BCUT2D eigenvalue weighted by atomic mass is 32.1. The number of aromatic nitrogens is 3. The van der Waals surface area contributed by atoms with Crippen LogP contribution in [-0.2, 0) is 4.79 Å². The Hall–Kier alpha value is -2.73. The maximum atomic E-state index is 12.0. The number of amides is 1. The number of aryl methyl sites for hydroxylation is 1. The molecule has 0 aliphatic carbocycles. The minimum Gasteiger partial charge on any atom is -0.346 e. The third kappa shape index (κ3) is 3.97. The van der Waals surface area contributed by atoms with Gasteiger partial charge in [0.25, 0.3) is 0 Å². The second-order valence-electron chi connectivity index (χ2n) is 5.42. The molecule has 0 saturated heterocycles. The van der Waals surface area contributed by atoms with Crippen molar-refractivity contribution in [3.05, 3.63) is 70.7 Å². The maximum Gasteiger partial charge on any atom is 0.244 e. The van der Waals surface area contributed by atoms with Gasteiger partial charge < -0.3 is 9.88 Å². The van der Waals surface area contributed by atoms with Gasteiger partial charge in [0.05, 0.1) is 23.1 Å². The van der Waals surface area contributed by atoms with Crippen molar-refractivity contribution in [3.63, 3.8) is 0 Å². The summed E-state index contributed by atoms with van der Waals surface area (Å²) in [7, 11) is 0. The number of benzene rings is 1. The molecule has 24 heavy (non-hydrogen) atoms. The highest BCUT2D eigenvalue weighted by Crippen LogP contribution is 2.16. The van der Waals surface area contributed by atoms with Crippen LogP contribution < -0.4 is 5.32 Å². The summed E-state index contributed by atoms with van der Waals surface area (Å²) in [4.78, 5) is 20.4. The van der Waals surface area contributed by atoms with Gasteiger partial charge in [0.1, 0.15) is 0 Å². The molecule has 1 amide bonds. The molecule has 0 aliphatic heterocycles. The molecule has 2 heterocycles. The van der Waals surface area contributed by atoms with E-state index in [4.69, 9.17) is 0 Å². The zero-order valence-electron chi connectivity index (χ0n) is 13.5. The Balaban J connectivity index is 1.60. The normalized spacial score (nSPS) is 12.4. The Morgan fingerprint density at radius 3 is 2.75 bits per heavy atom. The second kappa shape index (κ2) is 7.23. The number of thiazole rings is 1. The van der Waals surface area contributed by atoms with E-state index in [0.717, 1.165) is 22.0 Å². The molecule has 1 N–H and O–H groups in total. The monoisotopic (exact) mass is 338 g/mol. The lowest BCUT2D eigenvalue weighted by Gasteiger charge is -2.13. The second-order valence-corrected chi connectivity index (χ2v) is 6.48. The highest BCUT2D eigenvalue weighted by Gasteiger charge is 2.08. The van der Waals surface area contributed by atoms with Crippen molar-refractivity contribution in [2.45, 2.75) is 19.9 Å². The Morgan fingerprint density at radius 2 is 2.12 bits per heavy atom. The van der Waals surface area contributed by atoms with Gasteiger partial charge in [-0.15, -0.1) is 11.3 Å². The van der Waals surface area contributed by atoms with Crippen LogP contribution in [0.15, 0.2) is 54.4 Å². The zero-order chi connectivity index (χ0) is 16.9. The van der Waals surface area contributed by atoms with Gasteiger partial charge in [-0.1, -0.05) is 12.1 Å². The van der Waals surface area contributed by atoms with Crippen LogP contribution in [0.25, 0.3) is 11.8 Å². The van der Waals surface area contributed by atoms with E-state index in [1.54, 1.807) is 29.9 Å². The Labute approximate surface area is 144 Å². The van der Waals surface area contributed by atoms with Crippen LogP contribution >= 0.6 is 11.3 Å². The molecule has 1 aromatic carbocycles. The predicted molar refractivity (Wildman–Crippen MR) is 96.0 cm³/mol. The van der Waals surface area contributed by atoms with Crippen molar-refractivity contribution in [3.8, 4) is 5.69 Å². The first-order valence-corrected chi connectivity index (χ1v) is 8.49. The van der Waals surface area contributed by atoms with Crippen molar-refractivity contribution >= 4 is 23.3 Å². The van der Waals surface area contributed by atoms with Crippen LogP contribution in [0.5, 0.6) is 0 Å². The van der Waals surface area contributed by atoms with Gasteiger partial charge in [-0.3, -0.25) is 4.79 Å². The number of hydrogen-bond donors (Lipinski definition) is 1. The van der Waals surface area contributed by atoms with E-state index >= 15 is 0 Å². The van der Waals surface area contributed by atoms with E-state index in [1.807, 2.05) is 54.3 Å². The molecule has 6 heteroatoms. The van der Waals surface area contributed by atoms with Crippen molar-refractivity contribution < 1.29 is 4.79 Å². The Morgan fingerprint density at radius 1 is 1.33 bits per heavy atom. The summed E-state index contributed by atoms with van der Waals surface area (Å²) in [5.74, 6) is -0.133. The molecule has 0 spiro atoms. The lowest BCUT2D eigenvalue weighted by atomic mass is 10.1. The van der Waals surface area contributed by atoms with Crippen LogP contribution in [0.1, 0.15) is 29.2 Å². The maximum absolute atomic E-state index is 12.0. The fraction of sp³-hybridized carbons (Fsp3) is 0.167. The molecule has 0 fully saturated rings. The molecule has 0 radical (unpaired) electrons. The summed E-state index contributed by atoms with van der Waals surface area (Å²) in [6.07, 6.45) is 8.64. The third-order valence-corrected chi connectivity index (χ3v) is 4.39. The standard InChI is InChI=1S/C18H18N4OS/c1-13(20-18(23)8-5-16-11-24-14(2)21-16)15-3-6-17(7-4-15)22-10-9-19-12-22/h3-13H,1-2H3,(H,20,23)/b8-5+. The van der Waals surface area contributed by atoms with Gasteiger partial charge >= 0.3 is 0 Å². The van der Waals surface area contributed by atoms with Gasteiger partial charge in [0, 0.05) is 29.5 Å². The number of carbonyl (C=O) groups excluding carboxylic acids is 1. The van der Waals surface area contributed by atoms with Crippen LogP contribution in [0, 0.1) is 6.92 Å². The number of imidazole rings is 1. The Bertz CT molecular complexity index is 834. The van der Waals surface area contributed by atoms with Gasteiger partial charge in [-0.05, 0) is 37.6 Å². The minimum absolute atomic E-state index is 0.0730. The summed E-state index contributed by atoms with van der Waals surface area (Å²) in [5, 5.41) is 5.87.